The van der Waals surface area contributed by atoms with Gasteiger partial charge in [0.05, 0.1) is 6.61 Å². The number of carbonyl (C=O) groups is 1. The van der Waals surface area contributed by atoms with E-state index in [-0.39, 0.29) is 13.0 Å². The fraction of sp³-hybridized carbons (Fsp3) is 0.875. The monoisotopic (exact) mass is 195 g/mol. The zero-order chi connectivity index (χ0) is 10.5. The highest BCUT2D eigenvalue weighted by Crippen LogP contribution is 2.23. The Balaban J connectivity index is 3.99. The molecule has 5 heteroatoms. The molecule has 0 saturated carbocycles. The molecule has 1 atom stereocenters. The summed E-state index contributed by atoms with van der Waals surface area (Å²) in [7, 11) is 0. The number of rotatable bonds is 5. The third-order valence-electron chi connectivity index (χ3n) is 1.63. The first-order chi connectivity index (χ1) is 5.93. The molecule has 0 aromatic carbocycles. The number of hydrogen-bond donors (Lipinski definition) is 1. The van der Waals surface area contributed by atoms with Crippen LogP contribution in [0, 0.1) is 0 Å². The summed E-state index contributed by atoms with van der Waals surface area (Å²) in [4.78, 5) is 10.9. The van der Waals surface area contributed by atoms with Crippen LogP contribution in [0.4, 0.5) is 8.78 Å². The van der Waals surface area contributed by atoms with E-state index in [1.54, 1.807) is 6.92 Å². The Morgan fingerprint density at radius 1 is 1.54 bits per heavy atom. The second kappa shape index (κ2) is 5.11. The molecule has 78 valence electrons. The van der Waals surface area contributed by atoms with E-state index in [2.05, 4.69) is 4.74 Å². The first kappa shape index (κ1) is 12.3. The van der Waals surface area contributed by atoms with Gasteiger partial charge in [0.2, 0.25) is 5.92 Å². The Bertz CT molecular complexity index is 174. The molecule has 0 amide bonds. The van der Waals surface area contributed by atoms with Crippen molar-refractivity contribution in [2.24, 2.45) is 5.73 Å². The molecule has 0 radical (unpaired) electrons. The molecule has 0 heterocycles. The molecule has 0 rings (SSSR count). The summed E-state index contributed by atoms with van der Waals surface area (Å²) >= 11 is 0. The molecule has 13 heavy (non-hydrogen) atoms. The van der Waals surface area contributed by atoms with E-state index in [0.717, 1.165) is 0 Å². The van der Waals surface area contributed by atoms with Gasteiger partial charge in [-0.25, -0.2) is 8.78 Å². The molecule has 0 aliphatic rings. The molecule has 0 fully saturated rings. The summed E-state index contributed by atoms with van der Waals surface area (Å²) in [5, 5.41) is 0. The molecule has 0 saturated heterocycles. The van der Waals surface area contributed by atoms with Gasteiger partial charge in [0, 0.05) is 12.8 Å². The average Bonchev–Trinajstić information content (AvgIpc) is 2.04. The largest absolute Gasteiger partial charge is 0.465 e. The first-order valence-corrected chi connectivity index (χ1v) is 4.23. The summed E-state index contributed by atoms with van der Waals surface area (Å²) in [6.45, 7) is 3.10. The van der Waals surface area contributed by atoms with E-state index in [9.17, 15) is 13.6 Å². The summed E-state index contributed by atoms with van der Waals surface area (Å²) in [5.41, 5.74) is 5.21. The quantitative estimate of drug-likeness (QED) is 0.673. The maximum absolute atomic E-state index is 12.7. The van der Waals surface area contributed by atoms with Crippen LogP contribution in [0.3, 0.4) is 0 Å². The van der Waals surface area contributed by atoms with Crippen molar-refractivity contribution in [2.75, 3.05) is 6.61 Å². The van der Waals surface area contributed by atoms with Gasteiger partial charge in [-0.15, -0.1) is 0 Å². The zero-order valence-electron chi connectivity index (χ0n) is 7.85. The molecule has 0 aliphatic heterocycles. The number of ether oxygens (including phenoxy) is 1. The van der Waals surface area contributed by atoms with Crippen molar-refractivity contribution in [1.82, 2.24) is 0 Å². The van der Waals surface area contributed by atoms with Crippen molar-refractivity contribution in [3.63, 3.8) is 0 Å². The van der Waals surface area contributed by atoms with Crippen molar-refractivity contribution in [2.45, 2.75) is 38.7 Å². The minimum atomic E-state index is -2.88. The van der Waals surface area contributed by atoms with Crippen LogP contribution in [0.1, 0.15) is 26.7 Å². The molecule has 0 aliphatic carbocycles. The van der Waals surface area contributed by atoms with Gasteiger partial charge in [-0.2, -0.15) is 0 Å². The minimum absolute atomic E-state index is 0.157. The highest BCUT2D eigenvalue weighted by molar-refractivity contribution is 5.75. The van der Waals surface area contributed by atoms with Crippen LogP contribution < -0.4 is 5.73 Å². The van der Waals surface area contributed by atoms with E-state index in [4.69, 9.17) is 5.73 Å². The Labute approximate surface area is 76.2 Å². The van der Waals surface area contributed by atoms with Crippen LogP contribution in [0.15, 0.2) is 0 Å². The van der Waals surface area contributed by atoms with Crippen molar-refractivity contribution in [1.29, 1.82) is 0 Å². The van der Waals surface area contributed by atoms with Crippen LogP contribution in [-0.4, -0.2) is 24.5 Å². The molecule has 0 spiro atoms. The topological polar surface area (TPSA) is 52.3 Å². The van der Waals surface area contributed by atoms with Crippen LogP contribution in [0.2, 0.25) is 0 Å². The fourth-order valence-corrected chi connectivity index (χ4v) is 0.799. The normalized spacial score (nSPS) is 13.9. The fourth-order valence-electron chi connectivity index (χ4n) is 0.799. The van der Waals surface area contributed by atoms with E-state index in [1.165, 1.54) is 6.92 Å². The number of nitrogens with two attached hydrogens (primary N) is 1. The van der Waals surface area contributed by atoms with E-state index >= 15 is 0 Å². The molecule has 0 aromatic rings. The van der Waals surface area contributed by atoms with Gasteiger partial charge in [-0.05, 0) is 6.92 Å². The SMILES string of the molecule is CCOC(=O)C(N)CC(F)(F)CC. The van der Waals surface area contributed by atoms with Crippen LogP contribution in [0.25, 0.3) is 0 Å². The summed E-state index contributed by atoms with van der Waals surface area (Å²) < 4.78 is 29.9. The first-order valence-electron chi connectivity index (χ1n) is 4.23. The Morgan fingerprint density at radius 2 is 2.08 bits per heavy atom. The maximum Gasteiger partial charge on any atom is 0.323 e. The molecular weight excluding hydrogens is 180 g/mol. The molecule has 1 unspecified atom stereocenters. The smallest absolute Gasteiger partial charge is 0.323 e. The molecule has 0 bridgehead atoms. The van der Waals surface area contributed by atoms with Gasteiger partial charge in [0.15, 0.2) is 0 Å². The highest BCUT2D eigenvalue weighted by Gasteiger charge is 2.32. The zero-order valence-corrected chi connectivity index (χ0v) is 7.85. The van der Waals surface area contributed by atoms with Gasteiger partial charge in [-0.1, -0.05) is 6.92 Å². The maximum atomic E-state index is 12.7. The predicted octanol–water partition coefficient (Wildman–Crippen LogP) is 1.31. The van der Waals surface area contributed by atoms with E-state index < -0.39 is 24.4 Å². The van der Waals surface area contributed by atoms with E-state index in [0.29, 0.717) is 0 Å². The Kier molecular flexibility index (Phi) is 4.83. The van der Waals surface area contributed by atoms with Crippen molar-refractivity contribution in [3.8, 4) is 0 Å². The summed E-state index contributed by atoms with van der Waals surface area (Å²) in [6, 6.07) is -1.23. The lowest BCUT2D eigenvalue weighted by molar-refractivity contribution is -0.147. The highest BCUT2D eigenvalue weighted by atomic mass is 19.3. The average molecular weight is 195 g/mol. The van der Waals surface area contributed by atoms with Crippen molar-refractivity contribution < 1.29 is 18.3 Å². The summed E-state index contributed by atoms with van der Waals surface area (Å²) in [5.74, 6) is -3.65. The number of carbonyl (C=O) groups excluding carboxylic acids is 1. The molecule has 0 aromatic heterocycles. The third-order valence-corrected chi connectivity index (χ3v) is 1.63. The van der Waals surface area contributed by atoms with Crippen LogP contribution in [0.5, 0.6) is 0 Å². The Hall–Kier alpha value is -0.710. The number of esters is 1. The van der Waals surface area contributed by atoms with Gasteiger partial charge in [-0.3, -0.25) is 4.79 Å². The lowest BCUT2D eigenvalue weighted by atomic mass is 10.1. The number of halogens is 2. The Morgan fingerprint density at radius 3 is 2.46 bits per heavy atom. The second-order valence-electron chi connectivity index (χ2n) is 2.77. The van der Waals surface area contributed by atoms with Crippen LogP contribution >= 0.6 is 0 Å². The second-order valence-corrected chi connectivity index (χ2v) is 2.77. The lowest BCUT2D eigenvalue weighted by Crippen LogP contribution is -2.37. The molecular formula is C8H15F2NO2. The third kappa shape index (κ3) is 4.77. The lowest BCUT2D eigenvalue weighted by Gasteiger charge is -2.17. The van der Waals surface area contributed by atoms with Gasteiger partial charge in [0.25, 0.3) is 0 Å². The minimum Gasteiger partial charge on any atom is -0.465 e. The van der Waals surface area contributed by atoms with Crippen molar-refractivity contribution in [3.05, 3.63) is 0 Å². The van der Waals surface area contributed by atoms with Gasteiger partial charge in [0.1, 0.15) is 6.04 Å². The van der Waals surface area contributed by atoms with Gasteiger partial charge < -0.3 is 10.5 Å². The summed E-state index contributed by atoms with van der Waals surface area (Å²) in [6.07, 6.45) is -0.970. The van der Waals surface area contributed by atoms with Crippen molar-refractivity contribution >= 4 is 5.97 Å². The number of alkyl halides is 2. The predicted molar refractivity (Wildman–Crippen MR) is 44.5 cm³/mol. The van der Waals surface area contributed by atoms with Gasteiger partial charge >= 0.3 is 5.97 Å². The van der Waals surface area contributed by atoms with E-state index in [1.807, 2.05) is 0 Å². The van der Waals surface area contributed by atoms with Crippen LogP contribution in [-0.2, 0) is 9.53 Å². The molecule has 2 N–H and O–H groups in total. The standard InChI is InChI=1S/C8H15F2NO2/c1-3-8(9,10)5-6(11)7(12)13-4-2/h6H,3-5,11H2,1-2H3. The number of hydrogen-bond acceptors (Lipinski definition) is 3. The molecule has 3 nitrogen and oxygen atoms in total.